The Morgan fingerprint density at radius 1 is 0.762 bits per heavy atom. The van der Waals surface area contributed by atoms with Gasteiger partial charge < -0.3 is 4.57 Å². The molecule has 0 aliphatic carbocycles. The molecule has 0 radical (unpaired) electrons. The molecule has 0 amide bonds. The molecule has 0 aliphatic heterocycles. The van der Waals surface area contributed by atoms with Crippen LogP contribution in [0.15, 0.2) is 71.2 Å². The van der Waals surface area contributed by atoms with E-state index in [2.05, 4.69) is 63.0 Å². The summed E-state index contributed by atoms with van der Waals surface area (Å²) in [5.74, 6) is 0. The summed E-state index contributed by atoms with van der Waals surface area (Å²) in [6, 6.07) is 22.6. The highest BCUT2D eigenvalue weighted by Crippen LogP contribution is 2.37. The number of benzene rings is 3. The van der Waals surface area contributed by atoms with Crippen LogP contribution >= 0.6 is 27.5 Å². The molecule has 0 spiro atoms. The van der Waals surface area contributed by atoms with E-state index in [0.29, 0.717) is 0 Å². The standard InChI is InChI=1S/C18H11BrClN/c19-14-8-5-7-13-12-6-1-3-10-16(12)21(18(13)14)17-11-4-2-9-15(17)20/h1-11H. The first kappa shape index (κ1) is 12.9. The van der Waals surface area contributed by atoms with E-state index in [-0.39, 0.29) is 0 Å². The summed E-state index contributed by atoms with van der Waals surface area (Å²) in [6.07, 6.45) is 0. The lowest BCUT2D eigenvalue weighted by Gasteiger charge is -2.10. The Morgan fingerprint density at radius 2 is 1.48 bits per heavy atom. The summed E-state index contributed by atoms with van der Waals surface area (Å²) in [5.41, 5.74) is 3.30. The van der Waals surface area contributed by atoms with Gasteiger partial charge in [0.05, 0.1) is 21.7 Å². The fraction of sp³-hybridized carbons (Fsp3) is 0. The lowest BCUT2D eigenvalue weighted by atomic mass is 10.2. The first-order valence-electron chi connectivity index (χ1n) is 6.70. The molecule has 3 heteroatoms. The largest absolute Gasteiger partial charge is 0.307 e. The number of halogens is 2. The average molecular weight is 357 g/mol. The second kappa shape index (κ2) is 4.90. The number of hydrogen-bond acceptors (Lipinski definition) is 0. The number of para-hydroxylation sites is 3. The molecule has 1 heterocycles. The molecular formula is C18H11BrClN. The van der Waals surface area contributed by atoms with Gasteiger partial charge >= 0.3 is 0 Å². The monoisotopic (exact) mass is 355 g/mol. The Kier molecular flexibility index (Phi) is 3.02. The van der Waals surface area contributed by atoms with Crippen LogP contribution in [0.1, 0.15) is 0 Å². The maximum atomic E-state index is 6.43. The molecule has 1 nitrogen and oxygen atoms in total. The molecule has 0 bridgehead atoms. The average Bonchev–Trinajstić information content (AvgIpc) is 2.84. The minimum Gasteiger partial charge on any atom is -0.307 e. The zero-order valence-corrected chi connectivity index (χ0v) is 13.4. The smallest absolute Gasteiger partial charge is 0.0683 e. The van der Waals surface area contributed by atoms with Gasteiger partial charge in [-0.3, -0.25) is 0 Å². The van der Waals surface area contributed by atoms with Gasteiger partial charge in [0.25, 0.3) is 0 Å². The van der Waals surface area contributed by atoms with Crippen LogP contribution < -0.4 is 0 Å². The van der Waals surface area contributed by atoms with Crippen LogP contribution in [0.5, 0.6) is 0 Å². The molecule has 0 aliphatic rings. The summed E-state index contributed by atoms with van der Waals surface area (Å²) in [6.45, 7) is 0. The summed E-state index contributed by atoms with van der Waals surface area (Å²) in [7, 11) is 0. The predicted molar refractivity (Wildman–Crippen MR) is 93.5 cm³/mol. The van der Waals surface area contributed by atoms with Gasteiger partial charge in [0.15, 0.2) is 0 Å². The molecule has 0 saturated heterocycles. The van der Waals surface area contributed by atoms with Crippen molar-refractivity contribution in [3.05, 3.63) is 76.2 Å². The molecule has 4 rings (SSSR count). The van der Waals surface area contributed by atoms with Crippen LogP contribution in [0.2, 0.25) is 5.02 Å². The number of rotatable bonds is 1. The molecule has 21 heavy (non-hydrogen) atoms. The molecule has 0 N–H and O–H groups in total. The lowest BCUT2D eigenvalue weighted by molar-refractivity contribution is 1.18. The molecule has 0 saturated carbocycles. The number of aromatic nitrogens is 1. The summed E-state index contributed by atoms with van der Waals surface area (Å²) in [4.78, 5) is 0. The second-order valence-electron chi connectivity index (χ2n) is 4.94. The van der Waals surface area contributed by atoms with E-state index in [1.807, 2.05) is 24.3 Å². The Morgan fingerprint density at radius 3 is 2.33 bits per heavy atom. The summed E-state index contributed by atoms with van der Waals surface area (Å²) in [5, 5.41) is 3.20. The highest BCUT2D eigenvalue weighted by atomic mass is 79.9. The maximum Gasteiger partial charge on any atom is 0.0683 e. The van der Waals surface area contributed by atoms with Crippen LogP contribution in [-0.4, -0.2) is 4.57 Å². The quantitative estimate of drug-likeness (QED) is 0.382. The highest BCUT2D eigenvalue weighted by Gasteiger charge is 2.15. The van der Waals surface area contributed by atoms with Crippen LogP contribution in [0.3, 0.4) is 0 Å². The Bertz CT molecular complexity index is 971. The fourth-order valence-electron chi connectivity index (χ4n) is 2.86. The number of hydrogen-bond donors (Lipinski definition) is 0. The molecule has 0 fully saturated rings. The zero-order valence-electron chi connectivity index (χ0n) is 11.1. The third-order valence-corrected chi connectivity index (χ3v) is 4.70. The van der Waals surface area contributed by atoms with E-state index >= 15 is 0 Å². The van der Waals surface area contributed by atoms with Gasteiger partial charge in [-0.15, -0.1) is 0 Å². The third-order valence-electron chi connectivity index (χ3n) is 3.74. The van der Waals surface area contributed by atoms with Crippen LogP contribution in [0, 0.1) is 0 Å². The minimum atomic E-state index is 0.746. The molecular weight excluding hydrogens is 346 g/mol. The van der Waals surface area contributed by atoms with Crippen molar-refractivity contribution < 1.29 is 0 Å². The highest BCUT2D eigenvalue weighted by molar-refractivity contribution is 9.10. The minimum absolute atomic E-state index is 0.746. The van der Waals surface area contributed by atoms with Gasteiger partial charge in [-0.2, -0.15) is 0 Å². The van der Waals surface area contributed by atoms with E-state index in [0.717, 1.165) is 26.2 Å². The number of fused-ring (bicyclic) bond motifs is 3. The van der Waals surface area contributed by atoms with Crippen molar-refractivity contribution in [2.24, 2.45) is 0 Å². The summed E-state index contributed by atoms with van der Waals surface area (Å²) >= 11 is 10.1. The maximum absolute atomic E-state index is 6.43. The Hall–Kier alpha value is -1.77. The van der Waals surface area contributed by atoms with Gasteiger partial charge in [-0.1, -0.05) is 54.1 Å². The third kappa shape index (κ3) is 1.90. The topological polar surface area (TPSA) is 4.93 Å². The molecule has 0 unspecified atom stereocenters. The zero-order chi connectivity index (χ0) is 14.4. The molecule has 3 aromatic carbocycles. The lowest BCUT2D eigenvalue weighted by Crippen LogP contribution is -1.95. The van der Waals surface area contributed by atoms with E-state index in [4.69, 9.17) is 11.6 Å². The second-order valence-corrected chi connectivity index (χ2v) is 6.20. The van der Waals surface area contributed by atoms with Crippen molar-refractivity contribution in [3.8, 4) is 5.69 Å². The van der Waals surface area contributed by atoms with Crippen LogP contribution in [0.4, 0.5) is 0 Å². The van der Waals surface area contributed by atoms with Crippen molar-refractivity contribution in [1.29, 1.82) is 0 Å². The van der Waals surface area contributed by atoms with E-state index in [1.54, 1.807) is 0 Å². The van der Waals surface area contributed by atoms with Crippen LogP contribution in [0.25, 0.3) is 27.5 Å². The van der Waals surface area contributed by atoms with E-state index < -0.39 is 0 Å². The van der Waals surface area contributed by atoms with Crippen molar-refractivity contribution in [2.45, 2.75) is 0 Å². The van der Waals surface area contributed by atoms with Crippen molar-refractivity contribution in [3.63, 3.8) is 0 Å². The van der Waals surface area contributed by atoms with Crippen molar-refractivity contribution in [2.75, 3.05) is 0 Å². The van der Waals surface area contributed by atoms with E-state index in [1.165, 1.54) is 10.8 Å². The SMILES string of the molecule is Clc1ccccc1-n1c2ccccc2c2cccc(Br)c21. The first-order chi connectivity index (χ1) is 10.3. The number of nitrogens with zero attached hydrogens (tertiary/aromatic N) is 1. The van der Waals surface area contributed by atoms with Gasteiger partial charge in [0.1, 0.15) is 0 Å². The first-order valence-corrected chi connectivity index (χ1v) is 7.87. The molecule has 4 aromatic rings. The van der Waals surface area contributed by atoms with E-state index in [9.17, 15) is 0 Å². The Balaban J connectivity index is 2.28. The fourth-order valence-corrected chi connectivity index (χ4v) is 3.62. The van der Waals surface area contributed by atoms with Crippen LogP contribution in [-0.2, 0) is 0 Å². The normalized spacial score (nSPS) is 11.3. The van der Waals surface area contributed by atoms with Crippen molar-refractivity contribution in [1.82, 2.24) is 4.57 Å². The molecule has 1 aromatic heterocycles. The Labute approximate surface area is 135 Å². The van der Waals surface area contributed by atoms with Gasteiger partial charge in [-0.05, 0) is 40.2 Å². The van der Waals surface area contributed by atoms with Gasteiger partial charge in [0.2, 0.25) is 0 Å². The molecule has 102 valence electrons. The molecule has 0 atom stereocenters. The van der Waals surface area contributed by atoms with Crippen molar-refractivity contribution >= 4 is 49.3 Å². The van der Waals surface area contributed by atoms with Gasteiger partial charge in [0, 0.05) is 15.2 Å². The predicted octanol–water partition coefficient (Wildman–Crippen LogP) is 6.20. The van der Waals surface area contributed by atoms with Gasteiger partial charge in [-0.25, -0.2) is 0 Å². The summed E-state index contributed by atoms with van der Waals surface area (Å²) < 4.78 is 3.29.